The highest BCUT2D eigenvalue weighted by atomic mass is 19.4. The maximum absolute atomic E-state index is 11.9. The lowest BCUT2D eigenvalue weighted by Crippen LogP contribution is -2.29. The fraction of sp³-hybridized carbons (Fsp3) is 0.778. The average Bonchev–Trinajstić information content (AvgIpc) is 2.02. The van der Waals surface area contributed by atoms with Crippen molar-refractivity contribution in [2.75, 3.05) is 6.61 Å². The quantitative estimate of drug-likeness (QED) is 0.532. The minimum atomic E-state index is -4.57. The van der Waals surface area contributed by atoms with Crippen molar-refractivity contribution in [3.05, 3.63) is 0 Å². The number of carbonyl (C=O) groups is 2. The van der Waals surface area contributed by atoms with Gasteiger partial charge in [-0.25, -0.2) is 0 Å². The number of hydrogen-bond donors (Lipinski definition) is 0. The van der Waals surface area contributed by atoms with Crippen molar-refractivity contribution in [2.45, 2.75) is 32.9 Å². The van der Waals surface area contributed by atoms with Gasteiger partial charge in [-0.2, -0.15) is 13.2 Å². The minimum Gasteiger partial charge on any atom is -0.465 e. The van der Waals surface area contributed by atoms with Crippen LogP contribution in [0.25, 0.3) is 0 Å². The van der Waals surface area contributed by atoms with Crippen molar-refractivity contribution in [2.24, 2.45) is 5.92 Å². The van der Waals surface area contributed by atoms with Gasteiger partial charge in [0.15, 0.2) is 5.78 Å². The molecule has 88 valence electrons. The molecule has 0 N–H and O–H groups in total. The van der Waals surface area contributed by atoms with E-state index in [1.165, 1.54) is 13.8 Å². The summed E-state index contributed by atoms with van der Waals surface area (Å²) >= 11 is 0. The summed E-state index contributed by atoms with van der Waals surface area (Å²) in [6.45, 7) is 3.04. The number of alkyl halides is 3. The molecule has 0 rings (SSSR count). The Morgan fingerprint density at radius 1 is 1.27 bits per heavy atom. The number of ketones is 1. The second kappa shape index (κ2) is 5.72. The molecule has 0 radical (unpaired) electrons. The van der Waals surface area contributed by atoms with E-state index in [9.17, 15) is 22.8 Å². The van der Waals surface area contributed by atoms with E-state index < -0.39 is 30.3 Å². The Labute approximate surface area is 85.6 Å². The average molecular weight is 226 g/mol. The zero-order valence-corrected chi connectivity index (χ0v) is 8.56. The minimum absolute atomic E-state index is 0.0216. The Morgan fingerprint density at radius 2 is 1.80 bits per heavy atom. The number of carbonyl (C=O) groups excluding carboxylic acids is 2. The first kappa shape index (κ1) is 13.9. The molecule has 1 unspecified atom stereocenters. The van der Waals surface area contributed by atoms with Gasteiger partial charge in [-0.05, 0) is 13.3 Å². The van der Waals surface area contributed by atoms with Crippen molar-refractivity contribution in [1.82, 2.24) is 0 Å². The predicted octanol–water partition coefficient (Wildman–Crippen LogP) is 2.10. The van der Waals surface area contributed by atoms with E-state index in [1.807, 2.05) is 0 Å². The van der Waals surface area contributed by atoms with Crippen LogP contribution in [0, 0.1) is 5.92 Å². The maximum Gasteiger partial charge on any atom is 0.395 e. The smallest absolute Gasteiger partial charge is 0.395 e. The molecule has 0 aromatic rings. The number of ether oxygens (including phenoxy) is 1. The Bertz CT molecular complexity index is 235. The van der Waals surface area contributed by atoms with Gasteiger partial charge in [0.25, 0.3) is 0 Å². The van der Waals surface area contributed by atoms with Gasteiger partial charge in [-0.1, -0.05) is 6.92 Å². The molecule has 0 aromatic heterocycles. The molecule has 0 aliphatic carbocycles. The van der Waals surface area contributed by atoms with Gasteiger partial charge in [-0.15, -0.1) is 0 Å². The summed E-state index contributed by atoms with van der Waals surface area (Å²) in [6, 6.07) is 0. The summed E-state index contributed by atoms with van der Waals surface area (Å²) in [4.78, 5) is 22.2. The van der Waals surface area contributed by atoms with Crippen LogP contribution in [0.15, 0.2) is 0 Å². The molecule has 0 spiro atoms. The maximum atomic E-state index is 11.9. The van der Waals surface area contributed by atoms with E-state index >= 15 is 0 Å². The van der Waals surface area contributed by atoms with E-state index in [-0.39, 0.29) is 13.0 Å². The van der Waals surface area contributed by atoms with Crippen LogP contribution in [0.5, 0.6) is 0 Å². The first-order chi connectivity index (χ1) is 6.81. The van der Waals surface area contributed by atoms with E-state index in [0.29, 0.717) is 0 Å². The molecule has 0 fully saturated rings. The lowest BCUT2D eigenvalue weighted by atomic mass is 9.99. The van der Waals surface area contributed by atoms with Crippen LogP contribution in [0.3, 0.4) is 0 Å². The van der Waals surface area contributed by atoms with Crippen LogP contribution in [0.1, 0.15) is 26.7 Å². The normalized spacial score (nSPS) is 13.4. The number of esters is 1. The zero-order valence-electron chi connectivity index (χ0n) is 8.56. The Hall–Kier alpha value is -1.07. The highest BCUT2D eigenvalue weighted by Crippen LogP contribution is 2.23. The topological polar surface area (TPSA) is 43.4 Å². The monoisotopic (exact) mass is 226 g/mol. The fourth-order valence-corrected chi connectivity index (χ4v) is 1.09. The molecule has 3 nitrogen and oxygen atoms in total. The zero-order chi connectivity index (χ0) is 12.1. The second-order valence-electron chi connectivity index (χ2n) is 2.97. The SMILES string of the molecule is CCOC(=O)C(CC)C(=O)CC(F)(F)F. The molecule has 0 heterocycles. The first-order valence-electron chi connectivity index (χ1n) is 4.57. The number of halogens is 3. The summed E-state index contributed by atoms with van der Waals surface area (Å²) in [5.74, 6) is -3.32. The molecule has 0 saturated heterocycles. The van der Waals surface area contributed by atoms with E-state index in [1.54, 1.807) is 0 Å². The van der Waals surface area contributed by atoms with Crippen molar-refractivity contribution >= 4 is 11.8 Å². The number of rotatable bonds is 5. The van der Waals surface area contributed by atoms with Crippen LogP contribution >= 0.6 is 0 Å². The lowest BCUT2D eigenvalue weighted by molar-refractivity contribution is -0.162. The Morgan fingerprint density at radius 3 is 2.13 bits per heavy atom. The van der Waals surface area contributed by atoms with Crippen LogP contribution < -0.4 is 0 Å². The van der Waals surface area contributed by atoms with Crippen molar-refractivity contribution in [3.8, 4) is 0 Å². The molecule has 6 heteroatoms. The standard InChI is InChI=1S/C9H13F3O3/c1-3-6(8(14)15-4-2)7(13)5-9(10,11)12/h6H,3-5H2,1-2H3. The third-order valence-corrected chi connectivity index (χ3v) is 1.74. The van der Waals surface area contributed by atoms with Gasteiger partial charge in [0.1, 0.15) is 12.3 Å². The van der Waals surface area contributed by atoms with Crippen molar-refractivity contribution < 1.29 is 27.5 Å². The highest BCUT2D eigenvalue weighted by Gasteiger charge is 2.36. The van der Waals surface area contributed by atoms with Gasteiger partial charge >= 0.3 is 12.1 Å². The van der Waals surface area contributed by atoms with Crippen molar-refractivity contribution in [1.29, 1.82) is 0 Å². The van der Waals surface area contributed by atoms with Crippen LogP contribution in [0.4, 0.5) is 13.2 Å². The first-order valence-corrected chi connectivity index (χ1v) is 4.57. The third-order valence-electron chi connectivity index (χ3n) is 1.74. The summed E-state index contributed by atoms with van der Waals surface area (Å²) < 4.78 is 40.1. The van der Waals surface area contributed by atoms with E-state index in [4.69, 9.17) is 0 Å². The molecule has 0 amide bonds. The number of hydrogen-bond acceptors (Lipinski definition) is 3. The molecular weight excluding hydrogens is 213 g/mol. The van der Waals surface area contributed by atoms with E-state index in [0.717, 1.165) is 0 Å². The van der Waals surface area contributed by atoms with Gasteiger partial charge < -0.3 is 4.74 Å². The molecule has 1 atom stereocenters. The Kier molecular flexibility index (Phi) is 5.32. The molecular formula is C9H13F3O3. The lowest BCUT2D eigenvalue weighted by Gasteiger charge is -2.13. The molecule has 0 aliphatic heterocycles. The summed E-state index contributed by atoms with van der Waals surface area (Å²) in [5.41, 5.74) is 0. The van der Waals surface area contributed by atoms with Gasteiger partial charge in [-0.3, -0.25) is 9.59 Å². The van der Waals surface area contributed by atoms with Crippen LogP contribution in [-0.2, 0) is 14.3 Å². The van der Waals surface area contributed by atoms with E-state index in [2.05, 4.69) is 4.74 Å². The summed E-state index contributed by atoms with van der Waals surface area (Å²) in [6.07, 6.45) is -6.13. The summed E-state index contributed by atoms with van der Waals surface area (Å²) in [5, 5.41) is 0. The summed E-state index contributed by atoms with van der Waals surface area (Å²) in [7, 11) is 0. The fourth-order valence-electron chi connectivity index (χ4n) is 1.09. The molecule has 0 aliphatic rings. The predicted molar refractivity (Wildman–Crippen MR) is 46.1 cm³/mol. The van der Waals surface area contributed by atoms with Gasteiger partial charge in [0.05, 0.1) is 6.61 Å². The molecule has 0 bridgehead atoms. The van der Waals surface area contributed by atoms with Gasteiger partial charge in [0.2, 0.25) is 0 Å². The van der Waals surface area contributed by atoms with Crippen LogP contribution in [0.2, 0.25) is 0 Å². The largest absolute Gasteiger partial charge is 0.465 e. The van der Waals surface area contributed by atoms with Gasteiger partial charge in [0, 0.05) is 0 Å². The second-order valence-corrected chi connectivity index (χ2v) is 2.97. The highest BCUT2D eigenvalue weighted by molar-refractivity contribution is 5.99. The molecule has 0 saturated carbocycles. The van der Waals surface area contributed by atoms with Crippen LogP contribution in [-0.4, -0.2) is 24.5 Å². The Balaban J connectivity index is 4.41. The number of Topliss-reactive ketones (excluding diaryl/α,β-unsaturated/α-hetero) is 1. The molecule has 0 aromatic carbocycles. The third kappa shape index (κ3) is 5.39. The molecule has 15 heavy (non-hydrogen) atoms. The van der Waals surface area contributed by atoms with Crippen molar-refractivity contribution in [3.63, 3.8) is 0 Å².